The van der Waals surface area contributed by atoms with Crippen molar-refractivity contribution in [2.75, 3.05) is 37.7 Å². The summed E-state index contributed by atoms with van der Waals surface area (Å²) in [5.74, 6) is 0.686. The average molecular weight is 383 g/mol. The average Bonchev–Trinajstić information content (AvgIpc) is 2.74. The zero-order chi connectivity index (χ0) is 19.5. The summed E-state index contributed by atoms with van der Waals surface area (Å²) in [6.45, 7) is 5.43. The SMILES string of the molecule is CC(C(=O)NC1CCOc2ccccc21)N1CCN(c2ccccc2F)CC1. The van der Waals surface area contributed by atoms with Crippen molar-refractivity contribution in [2.45, 2.75) is 25.4 Å². The maximum Gasteiger partial charge on any atom is 0.237 e. The highest BCUT2D eigenvalue weighted by molar-refractivity contribution is 5.82. The van der Waals surface area contributed by atoms with Gasteiger partial charge in [-0.25, -0.2) is 4.39 Å². The van der Waals surface area contributed by atoms with E-state index in [1.807, 2.05) is 48.2 Å². The standard InChI is InChI=1S/C22H26FN3O2/c1-16(22(27)24-19-10-15-28-21-9-5-2-6-17(19)21)25-11-13-26(14-12-25)20-8-4-3-7-18(20)23/h2-9,16,19H,10-15H2,1H3,(H,24,27). The third kappa shape index (κ3) is 3.83. The number of ether oxygens (including phenoxy) is 1. The van der Waals surface area contributed by atoms with Crippen LogP contribution in [0.15, 0.2) is 48.5 Å². The summed E-state index contributed by atoms with van der Waals surface area (Å²) in [6, 6.07) is 14.5. The Bertz CT molecular complexity index is 836. The number of para-hydroxylation sites is 2. The van der Waals surface area contributed by atoms with Crippen LogP contribution in [0, 0.1) is 5.82 Å². The predicted octanol–water partition coefficient (Wildman–Crippen LogP) is 2.98. The van der Waals surface area contributed by atoms with Crippen LogP contribution in [0.4, 0.5) is 10.1 Å². The second-order valence-electron chi connectivity index (χ2n) is 7.39. The molecule has 5 nitrogen and oxygen atoms in total. The van der Waals surface area contributed by atoms with Crippen LogP contribution in [0.2, 0.25) is 0 Å². The Kier molecular flexibility index (Phi) is 5.48. The molecular formula is C22H26FN3O2. The van der Waals surface area contributed by atoms with Crippen LogP contribution < -0.4 is 15.0 Å². The molecule has 28 heavy (non-hydrogen) atoms. The van der Waals surface area contributed by atoms with Crippen molar-refractivity contribution < 1.29 is 13.9 Å². The zero-order valence-corrected chi connectivity index (χ0v) is 16.1. The van der Waals surface area contributed by atoms with Gasteiger partial charge in [-0.2, -0.15) is 0 Å². The number of rotatable bonds is 4. The Hall–Kier alpha value is -2.60. The molecule has 6 heteroatoms. The number of piperazine rings is 1. The van der Waals surface area contributed by atoms with E-state index in [-0.39, 0.29) is 23.8 Å². The fraction of sp³-hybridized carbons (Fsp3) is 0.409. The lowest BCUT2D eigenvalue weighted by Crippen LogP contribution is -2.54. The molecule has 1 fully saturated rings. The van der Waals surface area contributed by atoms with E-state index in [0.717, 1.165) is 30.8 Å². The number of hydrogen-bond acceptors (Lipinski definition) is 4. The molecule has 4 rings (SSSR count). The predicted molar refractivity (Wildman–Crippen MR) is 107 cm³/mol. The molecule has 2 unspecified atom stereocenters. The molecule has 148 valence electrons. The van der Waals surface area contributed by atoms with Crippen molar-refractivity contribution in [3.63, 3.8) is 0 Å². The summed E-state index contributed by atoms with van der Waals surface area (Å²) < 4.78 is 19.7. The Balaban J connectivity index is 1.35. The van der Waals surface area contributed by atoms with Gasteiger partial charge >= 0.3 is 0 Å². The van der Waals surface area contributed by atoms with E-state index in [1.54, 1.807) is 6.07 Å². The molecule has 2 atom stereocenters. The molecule has 0 saturated carbocycles. The summed E-state index contributed by atoms with van der Waals surface area (Å²) in [7, 11) is 0. The minimum Gasteiger partial charge on any atom is -0.493 e. The first-order chi connectivity index (χ1) is 13.6. The molecule has 0 aliphatic carbocycles. The number of carbonyl (C=O) groups is 1. The molecule has 1 saturated heterocycles. The van der Waals surface area contributed by atoms with Gasteiger partial charge in [-0.05, 0) is 25.1 Å². The Morgan fingerprint density at radius 1 is 1.11 bits per heavy atom. The second-order valence-corrected chi connectivity index (χ2v) is 7.39. The van der Waals surface area contributed by atoms with E-state index in [1.165, 1.54) is 6.07 Å². The van der Waals surface area contributed by atoms with Crippen molar-refractivity contribution in [3.05, 3.63) is 59.9 Å². The highest BCUT2D eigenvalue weighted by Gasteiger charge is 2.29. The molecule has 0 spiro atoms. The number of carbonyl (C=O) groups excluding carboxylic acids is 1. The number of nitrogens with zero attached hydrogens (tertiary/aromatic N) is 2. The third-order valence-corrected chi connectivity index (χ3v) is 5.71. The monoisotopic (exact) mass is 383 g/mol. The molecular weight excluding hydrogens is 357 g/mol. The lowest BCUT2D eigenvalue weighted by Gasteiger charge is -2.39. The molecule has 2 aliphatic rings. The molecule has 2 aromatic carbocycles. The second kappa shape index (κ2) is 8.19. The van der Waals surface area contributed by atoms with Crippen LogP contribution in [0.25, 0.3) is 0 Å². The maximum absolute atomic E-state index is 14.0. The van der Waals surface area contributed by atoms with Gasteiger partial charge in [0.1, 0.15) is 11.6 Å². The van der Waals surface area contributed by atoms with Crippen LogP contribution >= 0.6 is 0 Å². The van der Waals surface area contributed by atoms with Crippen LogP contribution in [0.1, 0.15) is 24.9 Å². The third-order valence-electron chi connectivity index (χ3n) is 5.71. The minimum atomic E-state index is -0.224. The summed E-state index contributed by atoms with van der Waals surface area (Å²) in [5.41, 5.74) is 1.68. The van der Waals surface area contributed by atoms with Gasteiger partial charge in [-0.15, -0.1) is 0 Å². The van der Waals surface area contributed by atoms with E-state index in [4.69, 9.17) is 4.74 Å². The molecule has 2 heterocycles. The lowest BCUT2D eigenvalue weighted by atomic mass is 10.00. The zero-order valence-electron chi connectivity index (χ0n) is 16.1. The summed E-state index contributed by atoms with van der Waals surface area (Å²) >= 11 is 0. The number of hydrogen-bond donors (Lipinski definition) is 1. The van der Waals surface area contributed by atoms with Gasteiger partial charge in [0, 0.05) is 38.2 Å². The molecule has 1 amide bonds. The topological polar surface area (TPSA) is 44.8 Å². The number of anilines is 1. The molecule has 1 N–H and O–H groups in total. The van der Waals surface area contributed by atoms with Gasteiger partial charge < -0.3 is 15.0 Å². The van der Waals surface area contributed by atoms with Gasteiger partial charge in [0.25, 0.3) is 0 Å². The van der Waals surface area contributed by atoms with E-state index in [0.29, 0.717) is 25.4 Å². The van der Waals surface area contributed by atoms with Crippen molar-refractivity contribution in [3.8, 4) is 5.75 Å². The minimum absolute atomic E-state index is 0.0143. The van der Waals surface area contributed by atoms with Crippen LogP contribution in [0.5, 0.6) is 5.75 Å². The van der Waals surface area contributed by atoms with Gasteiger partial charge in [0.2, 0.25) is 5.91 Å². The molecule has 0 radical (unpaired) electrons. The van der Waals surface area contributed by atoms with Crippen molar-refractivity contribution >= 4 is 11.6 Å². The number of amides is 1. The van der Waals surface area contributed by atoms with Gasteiger partial charge in [0.15, 0.2) is 0 Å². The summed E-state index contributed by atoms with van der Waals surface area (Å²) in [6.07, 6.45) is 0.774. The Morgan fingerprint density at radius 3 is 2.61 bits per heavy atom. The highest BCUT2D eigenvalue weighted by Crippen LogP contribution is 2.31. The van der Waals surface area contributed by atoms with E-state index in [2.05, 4.69) is 10.2 Å². The molecule has 0 bridgehead atoms. The number of halogens is 1. The molecule has 2 aromatic rings. The van der Waals surface area contributed by atoms with Gasteiger partial charge in [-0.3, -0.25) is 9.69 Å². The number of nitrogens with one attached hydrogen (secondary N) is 1. The van der Waals surface area contributed by atoms with E-state index >= 15 is 0 Å². The number of fused-ring (bicyclic) bond motifs is 1. The summed E-state index contributed by atoms with van der Waals surface area (Å²) in [5, 5.41) is 3.19. The number of benzene rings is 2. The fourth-order valence-corrected chi connectivity index (χ4v) is 4.01. The normalized spacial score (nSPS) is 20.8. The quantitative estimate of drug-likeness (QED) is 0.882. The largest absolute Gasteiger partial charge is 0.493 e. The van der Waals surface area contributed by atoms with E-state index in [9.17, 15) is 9.18 Å². The first kappa shape index (κ1) is 18.7. The van der Waals surface area contributed by atoms with Crippen LogP contribution in [-0.2, 0) is 4.79 Å². The van der Waals surface area contributed by atoms with Gasteiger partial charge in [0.05, 0.1) is 24.4 Å². The highest BCUT2D eigenvalue weighted by atomic mass is 19.1. The summed E-state index contributed by atoms with van der Waals surface area (Å²) in [4.78, 5) is 17.1. The van der Waals surface area contributed by atoms with Gasteiger partial charge in [-0.1, -0.05) is 30.3 Å². The van der Waals surface area contributed by atoms with Crippen molar-refractivity contribution in [1.29, 1.82) is 0 Å². The fourth-order valence-electron chi connectivity index (χ4n) is 4.01. The Labute approximate surface area is 165 Å². The molecule has 0 aromatic heterocycles. The van der Waals surface area contributed by atoms with Crippen molar-refractivity contribution in [1.82, 2.24) is 10.2 Å². The smallest absolute Gasteiger partial charge is 0.237 e. The first-order valence-electron chi connectivity index (χ1n) is 9.89. The van der Waals surface area contributed by atoms with Crippen LogP contribution in [-0.4, -0.2) is 49.6 Å². The van der Waals surface area contributed by atoms with Crippen molar-refractivity contribution in [2.24, 2.45) is 0 Å². The lowest BCUT2D eigenvalue weighted by molar-refractivity contribution is -0.127. The Morgan fingerprint density at radius 2 is 1.82 bits per heavy atom. The first-order valence-corrected chi connectivity index (χ1v) is 9.89. The van der Waals surface area contributed by atoms with E-state index < -0.39 is 0 Å². The molecule has 2 aliphatic heterocycles. The maximum atomic E-state index is 14.0. The van der Waals surface area contributed by atoms with Crippen LogP contribution in [0.3, 0.4) is 0 Å².